The van der Waals surface area contributed by atoms with E-state index in [1.807, 2.05) is 74.5 Å². The molecule has 4 aromatic rings. The lowest BCUT2D eigenvalue weighted by atomic mass is 9.91. The molecule has 0 saturated carbocycles. The molecule has 1 aromatic heterocycles. The number of aromatic nitrogens is 2. The first-order valence-electron chi connectivity index (χ1n) is 15.3. The minimum atomic E-state index is -3.65. The standard InChI is InChI=1S/C35H43N5O4S/c1-24-10-13-29(14-11-24)40-33(23-32(38-40)35(3,4)5)37-34(41)36-28-9-7-8-27(22-28)21-26-16-18-39(19-17-26)45(42,43)31-20-25(2)12-15-30(31)44-6/h7-15,20,22-23,26H,16-19,21H2,1-6H3,(H2,36,37,41). The summed E-state index contributed by atoms with van der Waals surface area (Å²) < 4.78 is 35.5. The number of rotatable bonds is 8. The topological polar surface area (TPSA) is 106 Å². The first-order chi connectivity index (χ1) is 21.3. The minimum absolute atomic E-state index is 0.190. The third-order valence-corrected chi connectivity index (χ3v) is 10.1. The maximum absolute atomic E-state index is 13.4. The number of benzene rings is 3. The van der Waals surface area contributed by atoms with Crippen LogP contribution in [0.5, 0.6) is 5.75 Å². The fraction of sp³-hybridized carbons (Fsp3) is 0.371. The van der Waals surface area contributed by atoms with Crippen LogP contribution >= 0.6 is 0 Å². The Balaban J connectivity index is 1.22. The highest BCUT2D eigenvalue weighted by atomic mass is 32.2. The lowest BCUT2D eigenvalue weighted by Crippen LogP contribution is -2.39. The third kappa shape index (κ3) is 7.57. The molecule has 0 spiro atoms. The van der Waals surface area contributed by atoms with Gasteiger partial charge in [0.25, 0.3) is 0 Å². The maximum atomic E-state index is 13.4. The summed E-state index contributed by atoms with van der Waals surface area (Å²) in [6.45, 7) is 11.1. The van der Waals surface area contributed by atoms with Crippen LogP contribution < -0.4 is 15.4 Å². The Labute approximate surface area is 266 Å². The molecule has 2 amide bonds. The van der Waals surface area contributed by atoms with Crippen molar-refractivity contribution >= 4 is 27.6 Å². The van der Waals surface area contributed by atoms with E-state index in [-0.39, 0.29) is 16.3 Å². The van der Waals surface area contributed by atoms with Gasteiger partial charge >= 0.3 is 6.03 Å². The van der Waals surface area contributed by atoms with E-state index in [2.05, 4.69) is 31.4 Å². The first kappa shape index (κ1) is 32.2. The Morgan fingerprint density at radius 2 is 1.62 bits per heavy atom. The van der Waals surface area contributed by atoms with Crippen LogP contribution in [0.1, 0.15) is 56.0 Å². The van der Waals surface area contributed by atoms with Crippen molar-refractivity contribution in [3.05, 3.63) is 95.2 Å². The van der Waals surface area contributed by atoms with Crippen molar-refractivity contribution in [2.24, 2.45) is 5.92 Å². The van der Waals surface area contributed by atoms with Gasteiger partial charge < -0.3 is 10.1 Å². The van der Waals surface area contributed by atoms with E-state index in [4.69, 9.17) is 9.84 Å². The molecule has 1 fully saturated rings. The van der Waals surface area contributed by atoms with E-state index >= 15 is 0 Å². The number of methoxy groups -OCH3 is 1. The summed E-state index contributed by atoms with van der Waals surface area (Å²) in [5.41, 5.74) is 5.35. The number of piperidine rings is 1. The van der Waals surface area contributed by atoms with Gasteiger partial charge in [-0.1, -0.05) is 56.7 Å². The van der Waals surface area contributed by atoms with Gasteiger partial charge in [0, 0.05) is 30.3 Å². The molecule has 10 heteroatoms. The van der Waals surface area contributed by atoms with Crippen LogP contribution in [0.2, 0.25) is 0 Å². The number of carbonyl (C=O) groups excluding carboxylic acids is 1. The number of urea groups is 1. The molecule has 1 saturated heterocycles. The van der Waals surface area contributed by atoms with Gasteiger partial charge in [0.1, 0.15) is 16.5 Å². The number of sulfonamides is 1. The van der Waals surface area contributed by atoms with E-state index < -0.39 is 10.0 Å². The van der Waals surface area contributed by atoms with Crippen molar-refractivity contribution < 1.29 is 17.9 Å². The summed E-state index contributed by atoms with van der Waals surface area (Å²) in [7, 11) is -2.16. The van der Waals surface area contributed by atoms with Crippen LogP contribution in [0, 0.1) is 19.8 Å². The molecule has 5 rings (SSSR count). The number of hydrogen-bond donors (Lipinski definition) is 2. The third-order valence-electron chi connectivity index (χ3n) is 8.22. The van der Waals surface area contributed by atoms with Crippen molar-refractivity contribution in [2.45, 2.75) is 64.2 Å². The lowest BCUT2D eigenvalue weighted by molar-refractivity contribution is 0.262. The molecule has 3 aromatic carbocycles. The van der Waals surface area contributed by atoms with Gasteiger partial charge in [-0.3, -0.25) is 5.32 Å². The highest BCUT2D eigenvalue weighted by Crippen LogP contribution is 2.32. The van der Waals surface area contributed by atoms with Crippen LogP contribution in [-0.2, 0) is 21.9 Å². The quantitative estimate of drug-likeness (QED) is 0.217. The number of ether oxygens (including phenoxy) is 1. The molecule has 0 radical (unpaired) electrons. The second kappa shape index (κ2) is 13.1. The monoisotopic (exact) mass is 629 g/mol. The summed E-state index contributed by atoms with van der Waals surface area (Å²) in [6, 6.07) is 22.6. The van der Waals surface area contributed by atoms with Crippen molar-refractivity contribution in [1.29, 1.82) is 0 Å². The van der Waals surface area contributed by atoms with E-state index in [0.717, 1.165) is 47.3 Å². The van der Waals surface area contributed by atoms with E-state index in [9.17, 15) is 13.2 Å². The molecule has 1 aliphatic rings. The summed E-state index contributed by atoms with van der Waals surface area (Å²) in [4.78, 5) is 13.4. The molecular formula is C35H43N5O4S. The maximum Gasteiger partial charge on any atom is 0.324 e. The SMILES string of the molecule is COc1ccc(C)cc1S(=O)(=O)N1CCC(Cc2cccc(NC(=O)Nc3cc(C(C)(C)C)nn3-c3ccc(C)cc3)c2)CC1. The smallest absolute Gasteiger partial charge is 0.324 e. The van der Waals surface area contributed by atoms with Crippen molar-refractivity contribution in [3.8, 4) is 11.4 Å². The van der Waals surface area contributed by atoms with Crippen LogP contribution in [0.15, 0.2) is 77.7 Å². The molecule has 45 heavy (non-hydrogen) atoms. The van der Waals surface area contributed by atoms with Crippen molar-refractivity contribution in [1.82, 2.24) is 14.1 Å². The summed E-state index contributed by atoms with van der Waals surface area (Å²) in [5, 5.41) is 10.8. The fourth-order valence-electron chi connectivity index (χ4n) is 5.59. The number of anilines is 2. The van der Waals surface area contributed by atoms with Gasteiger partial charge in [0.05, 0.1) is 18.5 Å². The van der Waals surface area contributed by atoms with Crippen LogP contribution in [0.25, 0.3) is 5.69 Å². The Hall–Kier alpha value is -4.15. The number of nitrogens with one attached hydrogen (secondary N) is 2. The Morgan fingerprint density at radius 1 is 0.933 bits per heavy atom. The molecule has 9 nitrogen and oxygen atoms in total. The number of aryl methyl sites for hydroxylation is 2. The number of nitrogens with zero attached hydrogens (tertiary/aromatic N) is 3. The number of amides is 2. The molecule has 2 heterocycles. The largest absolute Gasteiger partial charge is 0.495 e. The summed E-state index contributed by atoms with van der Waals surface area (Å²) >= 11 is 0. The Kier molecular flexibility index (Phi) is 9.36. The minimum Gasteiger partial charge on any atom is -0.495 e. The van der Waals surface area contributed by atoms with E-state index in [1.54, 1.807) is 21.1 Å². The van der Waals surface area contributed by atoms with Crippen LogP contribution in [0.3, 0.4) is 0 Å². The van der Waals surface area contributed by atoms with Crippen LogP contribution in [-0.4, -0.2) is 48.7 Å². The Morgan fingerprint density at radius 3 is 2.29 bits per heavy atom. The molecule has 2 N–H and O–H groups in total. The zero-order valence-electron chi connectivity index (χ0n) is 26.9. The highest BCUT2D eigenvalue weighted by molar-refractivity contribution is 7.89. The predicted octanol–water partition coefficient (Wildman–Crippen LogP) is 7.08. The second-order valence-corrected chi connectivity index (χ2v) is 14.8. The van der Waals surface area contributed by atoms with Crippen LogP contribution in [0.4, 0.5) is 16.3 Å². The van der Waals surface area contributed by atoms with Gasteiger partial charge in [-0.2, -0.15) is 9.40 Å². The molecule has 0 unspecified atom stereocenters. The normalized spacial score (nSPS) is 14.7. The molecule has 0 aliphatic carbocycles. The van der Waals surface area contributed by atoms with E-state index in [0.29, 0.717) is 36.3 Å². The number of hydrogen-bond acceptors (Lipinski definition) is 5. The van der Waals surface area contributed by atoms with Gasteiger partial charge in [-0.15, -0.1) is 0 Å². The van der Waals surface area contributed by atoms with Crippen molar-refractivity contribution in [2.75, 3.05) is 30.8 Å². The number of carbonyl (C=O) groups is 1. The van der Waals surface area contributed by atoms with Crippen molar-refractivity contribution in [3.63, 3.8) is 0 Å². The fourth-order valence-corrected chi connectivity index (χ4v) is 7.30. The zero-order chi connectivity index (χ0) is 32.4. The molecule has 0 bridgehead atoms. The molecular weight excluding hydrogens is 586 g/mol. The van der Waals surface area contributed by atoms with Gasteiger partial charge in [-0.25, -0.2) is 17.9 Å². The summed E-state index contributed by atoms with van der Waals surface area (Å²) in [6.07, 6.45) is 2.31. The van der Waals surface area contributed by atoms with Gasteiger partial charge in [0.15, 0.2) is 0 Å². The first-order valence-corrected chi connectivity index (χ1v) is 16.8. The average Bonchev–Trinajstić information content (AvgIpc) is 3.42. The lowest BCUT2D eigenvalue weighted by Gasteiger charge is -2.31. The molecule has 238 valence electrons. The summed E-state index contributed by atoms with van der Waals surface area (Å²) in [5.74, 6) is 1.28. The second-order valence-electron chi connectivity index (χ2n) is 12.9. The highest BCUT2D eigenvalue weighted by Gasteiger charge is 2.31. The predicted molar refractivity (Wildman–Crippen MR) is 179 cm³/mol. The molecule has 1 aliphatic heterocycles. The zero-order valence-corrected chi connectivity index (χ0v) is 27.7. The molecule has 0 atom stereocenters. The van der Waals surface area contributed by atoms with E-state index in [1.165, 1.54) is 7.11 Å². The average molecular weight is 630 g/mol. The van der Waals surface area contributed by atoms with Gasteiger partial charge in [-0.05, 0) is 86.6 Å². The Bertz CT molecular complexity index is 1770. The van der Waals surface area contributed by atoms with Gasteiger partial charge in [0.2, 0.25) is 10.0 Å².